The van der Waals surface area contributed by atoms with E-state index in [1.165, 1.54) is 0 Å². The van der Waals surface area contributed by atoms with Gasteiger partial charge in [0.05, 0.1) is 11.4 Å². The number of phenolic OH excluding ortho intramolecular Hbond substituents is 2. The minimum atomic E-state index is 0.200. The van der Waals surface area contributed by atoms with Gasteiger partial charge in [-0.25, -0.2) is 0 Å². The first-order valence-electron chi connectivity index (χ1n) is 9.87. The lowest BCUT2D eigenvalue weighted by Gasteiger charge is -1.99. The number of para-hydroxylation sites is 2. The van der Waals surface area contributed by atoms with Crippen molar-refractivity contribution in [1.82, 2.24) is 4.98 Å². The van der Waals surface area contributed by atoms with E-state index in [4.69, 9.17) is 0 Å². The predicted molar refractivity (Wildman–Crippen MR) is 127 cm³/mol. The fourth-order valence-electron chi connectivity index (χ4n) is 3.52. The van der Waals surface area contributed by atoms with Crippen molar-refractivity contribution in [2.75, 3.05) is 0 Å². The third-order valence-corrected chi connectivity index (χ3v) is 5.14. The molecule has 0 bridgehead atoms. The van der Waals surface area contributed by atoms with Crippen LogP contribution in [-0.4, -0.2) is 27.6 Å². The van der Waals surface area contributed by atoms with Crippen molar-refractivity contribution in [2.24, 2.45) is 9.98 Å². The van der Waals surface area contributed by atoms with E-state index in [0.29, 0.717) is 11.1 Å². The number of rotatable bonds is 4. The van der Waals surface area contributed by atoms with Crippen LogP contribution in [-0.2, 0) is 0 Å². The van der Waals surface area contributed by atoms with Crippen LogP contribution in [0.25, 0.3) is 21.8 Å². The van der Waals surface area contributed by atoms with Gasteiger partial charge < -0.3 is 15.2 Å². The van der Waals surface area contributed by atoms with Gasteiger partial charge in [-0.3, -0.25) is 9.98 Å². The van der Waals surface area contributed by atoms with Gasteiger partial charge in [0.2, 0.25) is 0 Å². The smallest absolute Gasteiger partial charge is 0.124 e. The van der Waals surface area contributed by atoms with Crippen LogP contribution in [0, 0.1) is 0 Å². The van der Waals surface area contributed by atoms with Gasteiger partial charge in [-0.2, -0.15) is 0 Å². The third-order valence-electron chi connectivity index (χ3n) is 5.14. The Hall–Kier alpha value is -4.38. The molecule has 3 N–H and O–H groups in total. The van der Waals surface area contributed by atoms with Crippen molar-refractivity contribution in [3.8, 4) is 11.5 Å². The summed E-state index contributed by atoms with van der Waals surface area (Å²) in [6.07, 6.45) is 3.32. The average Bonchev–Trinajstić information content (AvgIpc) is 3.15. The second kappa shape index (κ2) is 7.80. The number of H-pyrrole nitrogens is 1. The third kappa shape index (κ3) is 3.76. The highest BCUT2D eigenvalue weighted by Gasteiger charge is 2.06. The molecule has 5 heteroatoms. The van der Waals surface area contributed by atoms with E-state index in [9.17, 15) is 10.2 Å². The summed E-state index contributed by atoms with van der Waals surface area (Å²) in [5.41, 5.74) is 4.95. The molecule has 0 saturated carbocycles. The molecule has 0 unspecified atom stereocenters. The Morgan fingerprint density at radius 1 is 0.581 bits per heavy atom. The Morgan fingerprint density at radius 3 is 1.48 bits per heavy atom. The minimum absolute atomic E-state index is 0.200. The van der Waals surface area contributed by atoms with Crippen LogP contribution >= 0.6 is 0 Å². The highest BCUT2D eigenvalue weighted by molar-refractivity contribution is 6.09. The number of aromatic hydroxyl groups is 2. The summed E-state index contributed by atoms with van der Waals surface area (Å²) in [7, 11) is 0. The Balaban J connectivity index is 1.51. The molecule has 5 nitrogen and oxygen atoms in total. The molecule has 4 aromatic carbocycles. The molecule has 0 radical (unpaired) electrons. The normalized spacial score (nSPS) is 11.9. The van der Waals surface area contributed by atoms with Crippen molar-refractivity contribution >= 4 is 45.6 Å². The molecule has 0 aliphatic rings. The quantitative estimate of drug-likeness (QED) is 0.310. The van der Waals surface area contributed by atoms with Crippen LogP contribution in [0.15, 0.2) is 94.9 Å². The molecule has 1 heterocycles. The minimum Gasteiger partial charge on any atom is -0.507 e. The molecule has 0 spiro atoms. The Bertz CT molecular complexity index is 1350. The second-order valence-electron chi connectivity index (χ2n) is 7.22. The fraction of sp³-hybridized carbons (Fsp3) is 0. The molecule has 31 heavy (non-hydrogen) atoms. The van der Waals surface area contributed by atoms with E-state index >= 15 is 0 Å². The summed E-state index contributed by atoms with van der Waals surface area (Å²) in [5, 5.41) is 21.9. The van der Waals surface area contributed by atoms with Gasteiger partial charge >= 0.3 is 0 Å². The molecule has 0 aliphatic heterocycles. The van der Waals surface area contributed by atoms with E-state index in [2.05, 4.69) is 15.0 Å². The molecular formula is C26H19N3O2. The summed E-state index contributed by atoms with van der Waals surface area (Å²) < 4.78 is 0. The van der Waals surface area contributed by atoms with Gasteiger partial charge in [0.25, 0.3) is 0 Å². The predicted octanol–water partition coefficient (Wildman–Crippen LogP) is 6.23. The topological polar surface area (TPSA) is 81.0 Å². The standard InChI is InChI=1S/C26H19N3O2/c30-25-7-3-1-5-17(25)15-27-19-9-11-23-21(13-19)22-14-20(10-12-24(22)29-23)28-16-18-6-2-4-8-26(18)31/h1-16,29-31H. The molecule has 0 fully saturated rings. The molecule has 150 valence electrons. The monoisotopic (exact) mass is 405 g/mol. The first-order valence-corrected chi connectivity index (χ1v) is 9.87. The Morgan fingerprint density at radius 2 is 1.03 bits per heavy atom. The lowest BCUT2D eigenvalue weighted by Crippen LogP contribution is -1.81. The molecular weight excluding hydrogens is 386 g/mol. The van der Waals surface area contributed by atoms with Gasteiger partial charge in [-0.1, -0.05) is 24.3 Å². The number of aromatic amines is 1. The van der Waals surface area contributed by atoms with E-state index in [-0.39, 0.29) is 11.5 Å². The fourth-order valence-corrected chi connectivity index (χ4v) is 3.52. The number of nitrogens with one attached hydrogen (secondary N) is 1. The summed E-state index contributed by atoms with van der Waals surface area (Å²) in [4.78, 5) is 12.5. The lowest BCUT2D eigenvalue weighted by atomic mass is 10.1. The van der Waals surface area contributed by atoms with Crippen molar-refractivity contribution in [1.29, 1.82) is 0 Å². The zero-order valence-electron chi connectivity index (χ0n) is 16.5. The van der Waals surface area contributed by atoms with Crippen LogP contribution < -0.4 is 0 Å². The number of phenols is 2. The van der Waals surface area contributed by atoms with E-state index in [1.807, 2.05) is 60.7 Å². The molecule has 5 aromatic rings. The number of hydrogen-bond donors (Lipinski definition) is 3. The van der Waals surface area contributed by atoms with E-state index in [1.54, 1.807) is 36.7 Å². The first kappa shape index (κ1) is 18.6. The molecule has 0 amide bonds. The second-order valence-corrected chi connectivity index (χ2v) is 7.22. The van der Waals surface area contributed by atoms with Crippen molar-refractivity contribution in [2.45, 2.75) is 0 Å². The van der Waals surface area contributed by atoms with Crippen LogP contribution in [0.4, 0.5) is 11.4 Å². The molecule has 1 aromatic heterocycles. The Kier molecular flexibility index (Phi) is 4.69. The van der Waals surface area contributed by atoms with Crippen molar-refractivity contribution in [3.05, 3.63) is 96.1 Å². The summed E-state index contributed by atoms with van der Waals surface area (Å²) in [5.74, 6) is 0.401. The van der Waals surface area contributed by atoms with Crippen molar-refractivity contribution in [3.63, 3.8) is 0 Å². The molecule has 5 rings (SSSR count). The summed E-state index contributed by atoms with van der Waals surface area (Å²) >= 11 is 0. The SMILES string of the molecule is Oc1ccccc1C=Nc1ccc2[nH]c3ccc(N=Cc4ccccc4O)cc3c2c1. The van der Waals surface area contributed by atoms with Gasteiger partial charge in [0, 0.05) is 45.4 Å². The molecule has 0 saturated heterocycles. The number of fused-ring (bicyclic) bond motifs is 3. The maximum absolute atomic E-state index is 9.92. The number of hydrogen-bond acceptors (Lipinski definition) is 4. The first-order chi connectivity index (χ1) is 15.2. The van der Waals surface area contributed by atoms with Gasteiger partial charge in [-0.15, -0.1) is 0 Å². The largest absolute Gasteiger partial charge is 0.507 e. The zero-order chi connectivity index (χ0) is 21.2. The number of aliphatic imine (C=N–C) groups is 2. The maximum atomic E-state index is 9.92. The van der Waals surface area contributed by atoms with Crippen LogP contribution in [0.1, 0.15) is 11.1 Å². The van der Waals surface area contributed by atoms with Crippen LogP contribution in [0.2, 0.25) is 0 Å². The Labute approximate surface area is 178 Å². The molecule has 0 atom stereocenters. The van der Waals surface area contributed by atoms with Gasteiger partial charge in [0.1, 0.15) is 11.5 Å². The summed E-state index contributed by atoms with van der Waals surface area (Å²) in [6, 6.07) is 26.1. The lowest BCUT2D eigenvalue weighted by molar-refractivity contribution is 0.474. The number of aromatic nitrogens is 1. The van der Waals surface area contributed by atoms with E-state index < -0.39 is 0 Å². The van der Waals surface area contributed by atoms with Crippen LogP contribution in [0.5, 0.6) is 11.5 Å². The zero-order valence-corrected chi connectivity index (χ0v) is 16.5. The highest BCUT2D eigenvalue weighted by atomic mass is 16.3. The number of nitrogens with zero attached hydrogens (tertiary/aromatic N) is 2. The maximum Gasteiger partial charge on any atom is 0.124 e. The molecule has 0 aliphatic carbocycles. The number of benzene rings is 4. The van der Waals surface area contributed by atoms with Crippen LogP contribution in [0.3, 0.4) is 0 Å². The summed E-state index contributed by atoms with van der Waals surface area (Å²) in [6.45, 7) is 0. The van der Waals surface area contributed by atoms with Crippen molar-refractivity contribution < 1.29 is 10.2 Å². The highest BCUT2D eigenvalue weighted by Crippen LogP contribution is 2.31. The van der Waals surface area contributed by atoms with E-state index in [0.717, 1.165) is 33.2 Å². The average molecular weight is 405 g/mol. The van der Waals surface area contributed by atoms with Gasteiger partial charge in [0.15, 0.2) is 0 Å². The van der Waals surface area contributed by atoms with Gasteiger partial charge in [-0.05, 0) is 60.7 Å².